The highest BCUT2D eigenvalue weighted by Gasteiger charge is 2.41. The van der Waals surface area contributed by atoms with Gasteiger partial charge in [0.1, 0.15) is 5.52 Å². The molecule has 0 saturated carbocycles. The third-order valence-corrected chi connectivity index (χ3v) is 5.78. The van der Waals surface area contributed by atoms with Gasteiger partial charge >= 0.3 is 0 Å². The molecule has 176 valence electrons. The van der Waals surface area contributed by atoms with E-state index in [2.05, 4.69) is 24.9 Å². The number of nitrogens with one attached hydrogen (secondary N) is 1. The van der Waals surface area contributed by atoms with E-state index < -0.39 is 35.6 Å². The van der Waals surface area contributed by atoms with E-state index in [4.69, 9.17) is 8.83 Å². The number of imidazole rings is 1. The minimum absolute atomic E-state index is 0.000954. The summed E-state index contributed by atoms with van der Waals surface area (Å²) in [6.07, 6.45) is 1.68. The van der Waals surface area contributed by atoms with Crippen molar-refractivity contribution in [3.63, 3.8) is 0 Å². The highest BCUT2D eigenvalue weighted by molar-refractivity contribution is 5.93. The maximum Gasteiger partial charge on any atom is 0.292 e. The first-order valence-corrected chi connectivity index (χ1v) is 10.6. The first-order valence-electron chi connectivity index (χ1n) is 10.6. The molecule has 0 bridgehead atoms. The molecule has 0 spiro atoms. The van der Waals surface area contributed by atoms with Crippen LogP contribution in [0.1, 0.15) is 46.0 Å². The summed E-state index contributed by atoms with van der Waals surface area (Å²) in [6.45, 7) is 0.119. The monoisotopic (exact) mass is 480 g/mol. The van der Waals surface area contributed by atoms with Gasteiger partial charge in [0.2, 0.25) is 17.5 Å². The number of alkyl halides is 2. The van der Waals surface area contributed by atoms with Crippen LogP contribution in [-0.2, 0) is 6.42 Å². The highest BCUT2D eigenvalue weighted by Crippen LogP contribution is 2.37. The molecule has 9 nitrogen and oxygen atoms in total. The fraction of sp³-hybridized carbons (Fsp3) is 0.174. The van der Waals surface area contributed by atoms with Crippen LogP contribution in [0.5, 0.6) is 0 Å². The molecule has 5 aromatic rings. The zero-order chi connectivity index (χ0) is 24.1. The predicted molar refractivity (Wildman–Crippen MR) is 114 cm³/mol. The first kappa shape index (κ1) is 21.1. The molecule has 4 aromatic heterocycles. The number of rotatable bonds is 4. The van der Waals surface area contributed by atoms with E-state index in [0.29, 0.717) is 17.7 Å². The number of para-hydroxylation sites is 1. The summed E-state index contributed by atoms with van der Waals surface area (Å²) in [4.78, 5) is 34.3. The fourth-order valence-electron chi connectivity index (χ4n) is 4.18. The smallest absolute Gasteiger partial charge is 0.292 e. The van der Waals surface area contributed by atoms with Crippen LogP contribution in [0.25, 0.3) is 22.6 Å². The molecule has 1 aliphatic heterocycles. The average Bonchev–Trinajstić information content (AvgIpc) is 3.61. The standard InChI is InChI=1S/C23H15F3N6O3/c24-12-2-1-3-14-18(12)34-22(30-14)17-15-13(28-10-29-15)6-9-32(17)23(33)19-16(20(25)26)31-21(35-19)11-4-7-27-8-5-11/h1-5,7-8,10,17,20H,6,9H2,(H,28,29)/t17-/m0/s1. The maximum absolute atomic E-state index is 14.3. The Morgan fingerprint density at radius 2 is 1.97 bits per heavy atom. The van der Waals surface area contributed by atoms with Crippen LogP contribution in [0, 0.1) is 5.82 Å². The average molecular weight is 480 g/mol. The number of pyridine rings is 1. The molecule has 0 aliphatic carbocycles. The summed E-state index contributed by atoms with van der Waals surface area (Å²) in [5.74, 6) is -2.19. The molecule has 1 atom stereocenters. The van der Waals surface area contributed by atoms with Gasteiger partial charge in [0.15, 0.2) is 23.1 Å². The molecule has 1 amide bonds. The van der Waals surface area contributed by atoms with Crippen LogP contribution in [0.2, 0.25) is 0 Å². The number of hydrogen-bond acceptors (Lipinski definition) is 7. The fourth-order valence-corrected chi connectivity index (χ4v) is 4.18. The zero-order valence-corrected chi connectivity index (χ0v) is 17.8. The van der Waals surface area contributed by atoms with Crippen molar-refractivity contribution < 1.29 is 26.8 Å². The molecule has 1 aromatic carbocycles. The van der Waals surface area contributed by atoms with Gasteiger partial charge in [-0.15, -0.1) is 0 Å². The minimum atomic E-state index is -3.06. The first-order chi connectivity index (χ1) is 17.0. The number of nitrogens with zero attached hydrogens (tertiary/aromatic N) is 5. The normalized spacial score (nSPS) is 15.7. The Morgan fingerprint density at radius 3 is 2.74 bits per heavy atom. The van der Waals surface area contributed by atoms with Crippen molar-refractivity contribution in [3.8, 4) is 11.5 Å². The number of carbonyl (C=O) groups excluding carboxylic acids is 1. The summed E-state index contributed by atoms with van der Waals surface area (Å²) in [5.41, 5.74) is 0.931. The molecule has 35 heavy (non-hydrogen) atoms. The Labute approximate surface area is 194 Å². The van der Waals surface area contributed by atoms with E-state index >= 15 is 0 Å². The van der Waals surface area contributed by atoms with Gasteiger partial charge in [0, 0.05) is 36.6 Å². The van der Waals surface area contributed by atoms with E-state index in [1.165, 1.54) is 47.9 Å². The number of aromatic nitrogens is 5. The predicted octanol–water partition coefficient (Wildman–Crippen LogP) is 4.47. The van der Waals surface area contributed by atoms with Gasteiger partial charge < -0.3 is 18.7 Å². The minimum Gasteiger partial charge on any atom is -0.435 e. The van der Waals surface area contributed by atoms with E-state index in [9.17, 15) is 18.0 Å². The lowest BCUT2D eigenvalue weighted by Gasteiger charge is -2.32. The van der Waals surface area contributed by atoms with Crippen molar-refractivity contribution in [2.24, 2.45) is 0 Å². The Bertz CT molecular complexity index is 1540. The summed E-state index contributed by atoms with van der Waals surface area (Å²) in [5, 5.41) is 0. The van der Waals surface area contributed by atoms with Crippen molar-refractivity contribution in [1.82, 2.24) is 29.8 Å². The number of amides is 1. The lowest BCUT2D eigenvalue weighted by atomic mass is 10.0. The Balaban J connectivity index is 1.46. The van der Waals surface area contributed by atoms with Gasteiger partial charge in [-0.1, -0.05) is 6.07 Å². The second-order valence-corrected chi connectivity index (χ2v) is 7.83. The maximum atomic E-state index is 14.3. The van der Waals surface area contributed by atoms with Crippen molar-refractivity contribution in [3.05, 3.63) is 83.6 Å². The van der Waals surface area contributed by atoms with Crippen LogP contribution >= 0.6 is 0 Å². The Morgan fingerprint density at radius 1 is 1.14 bits per heavy atom. The number of fused-ring (bicyclic) bond motifs is 2. The molecule has 0 saturated heterocycles. The summed E-state index contributed by atoms with van der Waals surface area (Å²) < 4.78 is 53.3. The molecule has 6 rings (SSSR count). The zero-order valence-electron chi connectivity index (χ0n) is 17.8. The van der Waals surface area contributed by atoms with E-state index in [0.717, 1.165) is 5.69 Å². The lowest BCUT2D eigenvalue weighted by molar-refractivity contribution is 0.0621. The Hall–Kier alpha value is -4.48. The van der Waals surface area contributed by atoms with Gasteiger partial charge in [0.25, 0.3) is 12.3 Å². The third kappa shape index (κ3) is 3.45. The number of benzene rings is 1. The largest absolute Gasteiger partial charge is 0.435 e. The second-order valence-electron chi connectivity index (χ2n) is 7.83. The van der Waals surface area contributed by atoms with Gasteiger partial charge in [-0.05, 0) is 24.3 Å². The summed E-state index contributed by atoms with van der Waals surface area (Å²) in [7, 11) is 0. The molecular weight excluding hydrogens is 465 g/mol. The van der Waals surface area contributed by atoms with Crippen LogP contribution < -0.4 is 0 Å². The van der Waals surface area contributed by atoms with Gasteiger partial charge in [0.05, 0.1) is 12.0 Å². The van der Waals surface area contributed by atoms with Gasteiger partial charge in [-0.25, -0.2) is 28.1 Å². The van der Waals surface area contributed by atoms with Crippen molar-refractivity contribution in [1.29, 1.82) is 0 Å². The van der Waals surface area contributed by atoms with Crippen molar-refractivity contribution in [2.75, 3.05) is 6.54 Å². The van der Waals surface area contributed by atoms with Crippen LogP contribution in [0.15, 0.2) is 57.9 Å². The molecule has 1 N–H and O–H groups in total. The van der Waals surface area contributed by atoms with Gasteiger partial charge in [-0.2, -0.15) is 0 Å². The van der Waals surface area contributed by atoms with Crippen LogP contribution in [-0.4, -0.2) is 42.3 Å². The quantitative estimate of drug-likeness (QED) is 0.404. The highest BCUT2D eigenvalue weighted by atomic mass is 19.3. The number of aromatic amines is 1. The molecule has 0 unspecified atom stereocenters. The van der Waals surface area contributed by atoms with Crippen molar-refractivity contribution in [2.45, 2.75) is 18.9 Å². The molecule has 0 radical (unpaired) electrons. The molecule has 0 fully saturated rings. The number of hydrogen-bond donors (Lipinski definition) is 1. The molecular formula is C23H15F3N6O3. The Kier molecular flexibility index (Phi) is 4.87. The van der Waals surface area contributed by atoms with Crippen molar-refractivity contribution >= 4 is 17.0 Å². The molecule has 12 heteroatoms. The number of carbonyl (C=O) groups is 1. The third-order valence-electron chi connectivity index (χ3n) is 5.78. The number of H-pyrrole nitrogens is 1. The topological polar surface area (TPSA) is 114 Å². The van der Waals surface area contributed by atoms with Gasteiger partial charge in [-0.3, -0.25) is 9.78 Å². The number of oxazole rings is 2. The van der Waals surface area contributed by atoms with E-state index in [-0.39, 0.29) is 29.4 Å². The second kappa shape index (κ2) is 8.08. The SMILES string of the molecule is O=C(c1oc(-c2ccncc2)nc1C(F)F)N1CCc2[nH]cnc2[C@H]1c1nc2cccc(F)c2o1. The molecule has 1 aliphatic rings. The lowest BCUT2D eigenvalue weighted by Crippen LogP contribution is -2.41. The van der Waals surface area contributed by atoms with Crippen LogP contribution in [0.4, 0.5) is 13.2 Å². The van der Waals surface area contributed by atoms with Crippen LogP contribution in [0.3, 0.4) is 0 Å². The summed E-state index contributed by atoms with van der Waals surface area (Å²) in [6, 6.07) is 6.34. The van der Waals surface area contributed by atoms with E-state index in [1.807, 2.05) is 0 Å². The summed E-state index contributed by atoms with van der Waals surface area (Å²) >= 11 is 0. The number of halogens is 3. The van der Waals surface area contributed by atoms with E-state index in [1.54, 1.807) is 6.07 Å². The molecule has 5 heterocycles.